The van der Waals surface area contributed by atoms with E-state index in [1.54, 1.807) is 18.2 Å². The Hall–Kier alpha value is -3.83. The zero-order valence-corrected chi connectivity index (χ0v) is 23.3. The van der Waals surface area contributed by atoms with Gasteiger partial charge < -0.3 is 24.9 Å². The summed E-state index contributed by atoms with van der Waals surface area (Å²) in [5, 5.41) is 9.46. The zero-order valence-electron chi connectivity index (χ0n) is 23.3. The lowest BCUT2D eigenvalue weighted by Gasteiger charge is -2.28. The minimum absolute atomic E-state index is 0.0219. The number of imidazole rings is 1. The quantitative estimate of drug-likeness (QED) is 0.359. The molecule has 0 spiro atoms. The van der Waals surface area contributed by atoms with Crippen LogP contribution in [0.4, 0.5) is 13.2 Å². The van der Waals surface area contributed by atoms with Crippen molar-refractivity contribution in [1.82, 2.24) is 14.5 Å². The van der Waals surface area contributed by atoms with Gasteiger partial charge in [0.1, 0.15) is 29.5 Å². The highest BCUT2D eigenvalue weighted by Crippen LogP contribution is 2.34. The zero-order chi connectivity index (χ0) is 29.6. The van der Waals surface area contributed by atoms with Gasteiger partial charge in [0.25, 0.3) is 0 Å². The van der Waals surface area contributed by atoms with E-state index < -0.39 is 23.3 Å². The first-order valence-electron chi connectivity index (χ1n) is 14.1. The van der Waals surface area contributed by atoms with Crippen LogP contribution >= 0.6 is 0 Å². The number of allylic oxidation sites excluding steroid dienone is 4. The Labute approximate surface area is 241 Å². The highest BCUT2D eigenvalue weighted by atomic mass is 19.1. The van der Waals surface area contributed by atoms with Gasteiger partial charge in [0.15, 0.2) is 11.5 Å². The highest BCUT2D eigenvalue weighted by Gasteiger charge is 2.34. The molecule has 1 unspecified atom stereocenters. The van der Waals surface area contributed by atoms with Crippen molar-refractivity contribution in [1.29, 1.82) is 0 Å². The summed E-state index contributed by atoms with van der Waals surface area (Å²) in [6.07, 6.45) is 4.78. The molecule has 2 saturated heterocycles. The Morgan fingerprint density at radius 3 is 2.74 bits per heavy atom. The van der Waals surface area contributed by atoms with Crippen LogP contribution in [0, 0.1) is 11.6 Å². The van der Waals surface area contributed by atoms with Crippen LogP contribution < -0.4 is 5.73 Å². The minimum Gasteiger partial charge on any atom is -0.490 e. The lowest BCUT2D eigenvalue weighted by molar-refractivity contribution is -0.0591. The summed E-state index contributed by atoms with van der Waals surface area (Å²) in [5.74, 6) is -1.41. The molecule has 11 heteroatoms. The maximum Gasteiger partial charge on any atom is 0.335 e. The number of benzene rings is 2. The van der Waals surface area contributed by atoms with Gasteiger partial charge in [-0.1, -0.05) is 6.07 Å². The van der Waals surface area contributed by atoms with Crippen LogP contribution in [-0.4, -0.2) is 57.0 Å². The third kappa shape index (κ3) is 5.63. The van der Waals surface area contributed by atoms with Crippen LogP contribution in [0.1, 0.15) is 59.4 Å². The summed E-state index contributed by atoms with van der Waals surface area (Å²) in [6.45, 7) is 4.28. The molecular weight excluding hydrogens is 549 g/mol. The third-order valence-corrected chi connectivity index (χ3v) is 8.37. The number of carbonyl (C=O) groups is 1. The van der Waals surface area contributed by atoms with Crippen molar-refractivity contribution in [2.45, 2.75) is 63.6 Å². The standard InChI is InChI=1S/C31H33F3N4O4/c1-31(34)13-22(35)3-5-27(31)42-17-21-10-18(2-4-24(21)32)19-6-8-37(14-19)16-28-36-29-25(33)11-20(30(39)40)12-26(29)38(28)15-23-7-9-41-23/h2-5,10-12,19,23H,6-9,13-17,35H2,1H3,(H,39,40)/t19-,23-,31?/m0/s1. The van der Waals surface area contributed by atoms with E-state index in [0.717, 1.165) is 31.0 Å². The predicted octanol–water partition coefficient (Wildman–Crippen LogP) is 5.17. The molecular formula is C31H33F3N4O4. The van der Waals surface area contributed by atoms with Crippen molar-refractivity contribution >= 4 is 17.0 Å². The van der Waals surface area contributed by atoms with Crippen molar-refractivity contribution in [3.63, 3.8) is 0 Å². The van der Waals surface area contributed by atoms with Crippen molar-refractivity contribution in [3.8, 4) is 0 Å². The van der Waals surface area contributed by atoms with E-state index in [4.69, 9.17) is 15.2 Å². The second-order valence-electron chi connectivity index (χ2n) is 11.6. The molecule has 3 aliphatic rings. The Morgan fingerprint density at radius 2 is 2.02 bits per heavy atom. The average molecular weight is 583 g/mol. The van der Waals surface area contributed by atoms with Gasteiger partial charge in [-0.05, 0) is 74.2 Å². The number of aromatic nitrogens is 2. The van der Waals surface area contributed by atoms with Crippen molar-refractivity contribution in [3.05, 3.63) is 88.1 Å². The summed E-state index contributed by atoms with van der Waals surface area (Å²) in [4.78, 5) is 18.4. The fraction of sp³-hybridized carbons (Fsp3) is 0.419. The molecule has 0 bridgehead atoms. The SMILES string of the molecule is CC1(F)CC(N)=CC=C1OCc1cc([C@H]2CCN(Cc3nc4c(F)cc(C(=O)O)cc4n3C[C@@H]3CCO3)C2)ccc1F. The molecule has 0 saturated carbocycles. The predicted molar refractivity (Wildman–Crippen MR) is 149 cm³/mol. The molecule has 6 rings (SSSR count). The van der Waals surface area contributed by atoms with E-state index >= 15 is 0 Å². The number of alkyl halides is 1. The normalized spacial score (nSPS) is 24.4. The summed E-state index contributed by atoms with van der Waals surface area (Å²) in [5.41, 5.74) is 6.17. The van der Waals surface area contributed by atoms with E-state index in [1.165, 1.54) is 25.1 Å². The van der Waals surface area contributed by atoms with E-state index in [-0.39, 0.29) is 41.9 Å². The fourth-order valence-electron chi connectivity index (χ4n) is 5.96. The van der Waals surface area contributed by atoms with Crippen LogP contribution in [0.15, 0.2) is 53.9 Å². The van der Waals surface area contributed by atoms with E-state index in [1.807, 2.05) is 4.57 Å². The molecule has 3 atom stereocenters. The van der Waals surface area contributed by atoms with Gasteiger partial charge in [-0.3, -0.25) is 4.90 Å². The lowest BCUT2D eigenvalue weighted by Crippen LogP contribution is -2.32. The van der Waals surface area contributed by atoms with Gasteiger partial charge >= 0.3 is 5.97 Å². The molecule has 2 aliphatic heterocycles. The molecule has 2 aromatic carbocycles. The summed E-state index contributed by atoms with van der Waals surface area (Å²) >= 11 is 0. The maximum absolute atomic E-state index is 14.9. The first kappa shape index (κ1) is 28.3. The number of rotatable bonds is 9. The van der Waals surface area contributed by atoms with Crippen molar-refractivity contribution in [2.24, 2.45) is 5.73 Å². The summed E-state index contributed by atoms with van der Waals surface area (Å²) < 4.78 is 57.7. The first-order valence-corrected chi connectivity index (χ1v) is 14.1. The molecule has 3 N–H and O–H groups in total. The number of halogens is 3. The molecule has 8 nitrogen and oxygen atoms in total. The van der Waals surface area contributed by atoms with E-state index in [2.05, 4.69) is 9.88 Å². The largest absolute Gasteiger partial charge is 0.490 e. The molecule has 42 heavy (non-hydrogen) atoms. The van der Waals surface area contributed by atoms with E-state index in [0.29, 0.717) is 48.8 Å². The van der Waals surface area contributed by atoms with Crippen LogP contribution in [0.5, 0.6) is 0 Å². The third-order valence-electron chi connectivity index (χ3n) is 8.37. The van der Waals surface area contributed by atoms with Gasteiger partial charge in [0.05, 0.1) is 30.3 Å². The molecule has 1 aliphatic carbocycles. The number of hydrogen-bond donors (Lipinski definition) is 2. The highest BCUT2D eigenvalue weighted by molar-refractivity contribution is 5.92. The number of carboxylic acids is 1. The number of nitrogens with zero attached hydrogens (tertiary/aromatic N) is 3. The molecule has 1 aromatic heterocycles. The minimum atomic E-state index is -1.75. The van der Waals surface area contributed by atoms with Crippen LogP contribution in [0.3, 0.4) is 0 Å². The van der Waals surface area contributed by atoms with Crippen LogP contribution in [-0.2, 0) is 29.2 Å². The fourth-order valence-corrected chi connectivity index (χ4v) is 5.96. The van der Waals surface area contributed by atoms with Crippen molar-refractivity contribution in [2.75, 3.05) is 19.7 Å². The number of nitrogens with two attached hydrogens (primary N) is 1. The van der Waals surface area contributed by atoms with Gasteiger partial charge in [-0.25, -0.2) is 22.9 Å². The molecule has 0 radical (unpaired) electrons. The smallest absolute Gasteiger partial charge is 0.335 e. The monoisotopic (exact) mass is 582 g/mol. The van der Waals surface area contributed by atoms with E-state index in [9.17, 15) is 23.1 Å². The van der Waals surface area contributed by atoms with Crippen LogP contribution in [0.25, 0.3) is 11.0 Å². The number of ether oxygens (including phenoxy) is 2. The molecule has 0 amide bonds. The Balaban J connectivity index is 1.18. The summed E-state index contributed by atoms with van der Waals surface area (Å²) in [7, 11) is 0. The van der Waals surface area contributed by atoms with Gasteiger partial charge in [0, 0.05) is 30.8 Å². The van der Waals surface area contributed by atoms with Gasteiger partial charge in [0.2, 0.25) is 0 Å². The maximum atomic E-state index is 14.9. The van der Waals surface area contributed by atoms with Crippen LogP contribution in [0.2, 0.25) is 0 Å². The summed E-state index contributed by atoms with van der Waals surface area (Å²) in [6, 6.07) is 7.42. The topological polar surface area (TPSA) is 103 Å². The number of aromatic carboxylic acids is 1. The van der Waals surface area contributed by atoms with Gasteiger partial charge in [-0.2, -0.15) is 0 Å². The molecule has 222 valence electrons. The average Bonchev–Trinajstić information content (AvgIpc) is 3.51. The van der Waals surface area contributed by atoms with Crippen molar-refractivity contribution < 1.29 is 32.5 Å². The number of likely N-dealkylation sites (tertiary alicyclic amines) is 1. The Kier molecular flexibility index (Phi) is 7.48. The number of fused-ring (bicyclic) bond motifs is 1. The number of hydrogen-bond acceptors (Lipinski definition) is 6. The lowest BCUT2D eigenvalue weighted by atomic mass is 9.95. The first-order chi connectivity index (χ1) is 20.1. The molecule has 3 aromatic rings. The Morgan fingerprint density at radius 1 is 1.21 bits per heavy atom. The van der Waals surface area contributed by atoms with Gasteiger partial charge in [-0.15, -0.1) is 0 Å². The second-order valence-corrected chi connectivity index (χ2v) is 11.6. The number of carboxylic acid groups (broad SMARTS) is 1. The Bertz CT molecular complexity index is 1590. The second kappa shape index (κ2) is 11.1. The molecule has 3 heterocycles. The molecule has 2 fully saturated rings.